The number of amides is 1. The average Bonchev–Trinajstić information content (AvgIpc) is 3.23. The van der Waals surface area contributed by atoms with E-state index in [0.717, 1.165) is 37.0 Å². The van der Waals surface area contributed by atoms with E-state index in [0.29, 0.717) is 25.6 Å². The maximum Gasteiger partial charge on any atom is 0.315 e. The number of phenols is 2. The van der Waals surface area contributed by atoms with E-state index in [1.54, 1.807) is 13.1 Å². The minimum atomic E-state index is -0.870. The number of rotatable bonds is 8. The number of hydrogen-bond donors (Lipinski definition) is 3. The van der Waals surface area contributed by atoms with Gasteiger partial charge in [0.1, 0.15) is 11.6 Å². The van der Waals surface area contributed by atoms with Crippen LogP contribution in [-0.2, 0) is 4.79 Å². The summed E-state index contributed by atoms with van der Waals surface area (Å²) in [6.45, 7) is 4.96. The van der Waals surface area contributed by atoms with Gasteiger partial charge in [0.2, 0.25) is 5.75 Å². The van der Waals surface area contributed by atoms with Crippen molar-refractivity contribution in [3.05, 3.63) is 51.3 Å². The Balaban J connectivity index is 1.66. The predicted molar refractivity (Wildman–Crippen MR) is 110 cm³/mol. The number of nitrogens with one attached hydrogen (secondary N) is 1. The molecular weight excluding hydrogens is 404 g/mol. The van der Waals surface area contributed by atoms with Gasteiger partial charge in [-0.25, -0.2) is 0 Å². The fourth-order valence-electron chi connectivity index (χ4n) is 3.44. The van der Waals surface area contributed by atoms with Crippen molar-refractivity contribution < 1.29 is 19.9 Å². The first-order chi connectivity index (χ1) is 14.8. The third kappa shape index (κ3) is 4.81. The van der Waals surface area contributed by atoms with Crippen molar-refractivity contribution in [3.63, 3.8) is 0 Å². The number of H-pyrrole nitrogens is 1. The number of likely N-dealkylation sites (tertiary alicyclic amines) is 1. The van der Waals surface area contributed by atoms with Crippen LogP contribution < -0.4 is 0 Å². The zero-order chi connectivity index (χ0) is 22.5. The summed E-state index contributed by atoms with van der Waals surface area (Å²) in [6, 6.07) is 5.81. The molecule has 162 valence electrons. The molecule has 0 aliphatic carbocycles. The van der Waals surface area contributed by atoms with Gasteiger partial charge in [-0.2, -0.15) is 10.4 Å². The van der Waals surface area contributed by atoms with Gasteiger partial charge >= 0.3 is 5.69 Å². The van der Waals surface area contributed by atoms with Crippen LogP contribution in [0.5, 0.6) is 11.5 Å². The number of benzene rings is 1. The fourth-order valence-corrected chi connectivity index (χ4v) is 3.44. The zero-order valence-electron chi connectivity index (χ0n) is 16.9. The second kappa shape index (κ2) is 9.27. The van der Waals surface area contributed by atoms with Crippen molar-refractivity contribution in [3.8, 4) is 17.6 Å². The first kappa shape index (κ1) is 21.8. The van der Waals surface area contributed by atoms with Crippen LogP contribution in [0, 0.1) is 21.4 Å². The number of aromatic hydroxyl groups is 2. The molecule has 0 radical (unpaired) electrons. The van der Waals surface area contributed by atoms with Crippen molar-refractivity contribution in [2.45, 2.75) is 12.8 Å². The van der Waals surface area contributed by atoms with Crippen LogP contribution in [0.4, 0.5) is 5.69 Å². The Kier molecular flexibility index (Phi) is 6.52. The molecule has 1 fully saturated rings. The van der Waals surface area contributed by atoms with Gasteiger partial charge in [0.25, 0.3) is 5.91 Å². The first-order valence-corrected chi connectivity index (χ1v) is 9.67. The molecule has 0 saturated carbocycles. The van der Waals surface area contributed by atoms with E-state index < -0.39 is 28.0 Å². The summed E-state index contributed by atoms with van der Waals surface area (Å²) in [5, 5.41) is 46.7. The van der Waals surface area contributed by atoms with E-state index in [9.17, 15) is 30.4 Å². The van der Waals surface area contributed by atoms with Gasteiger partial charge < -0.3 is 20.0 Å². The van der Waals surface area contributed by atoms with Crippen LogP contribution in [0.3, 0.4) is 0 Å². The van der Waals surface area contributed by atoms with Crippen LogP contribution in [0.1, 0.15) is 24.1 Å². The molecule has 1 amide bonds. The Labute approximate surface area is 178 Å². The summed E-state index contributed by atoms with van der Waals surface area (Å²) in [7, 11) is 0. The monoisotopic (exact) mass is 426 g/mol. The van der Waals surface area contributed by atoms with Crippen molar-refractivity contribution in [1.29, 1.82) is 5.26 Å². The lowest BCUT2D eigenvalue weighted by molar-refractivity contribution is -0.386. The third-order valence-electron chi connectivity index (χ3n) is 5.22. The van der Waals surface area contributed by atoms with E-state index in [-0.39, 0.29) is 11.1 Å². The average molecular weight is 426 g/mol. The number of nitrogens with zero attached hydrogens (tertiary/aromatic N) is 5. The van der Waals surface area contributed by atoms with Gasteiger partial charge in [-0.1, -0.05) is 0 Å². The summed E-state index contributed by atoms with van der Waals surface area (Å²) in [5.41, 5.74) is 0.210. The number of likely N-dealkylation sites (N-methyl/N-ethyl adjacent to an activating group) is 1. The molecule has 11 heteroatoms. The van der Waals surface area contributed by atoms with E-state index >= 15 is 0 Å². The normalized spacial score (nSPS) is 14.6. The predicted octanol–water partition coefficient (Wildman–Crippen LogP) is 1.58. The molecule has 1 aromatic heterocycles. The number of aromatic nitrogens is 2. The molecule has 0 unspecified atom stereocenters. The van der Waals surface area contributed by atoms with Gasteiger partial charge in [0, 0.05) is 56.6 Å². The Bertz CT molecular complexity index is 1040. The summed E-state index contributed by atoms with van der Waals surface area (Å²) in [4.78, 5) is 26.7. The first-order valence-electron chi connectivity index (χ1n) is 9.67. The van der Waals surface area contributed by atoms with Crippen LogP contribution in [-0.4, -0.2) is 73.8 Å². The van der Waals surface area contributed by atoms with Gasteiger partial charge in [-0.05, 0) is 30.7 Å². The maximum absolute atomic E-state index is 12.8. The molecule has 11 nitrogen and oxygen atoms in total. The van der Waals surface area contributed by atoms with Crippen LogP contribution in [0.2, 0.25) is 0 Å². The molecule has 3 rings (SSSR count). The van der Waals surface area contributed by atoms with Crippen molar-refractivity contribution in [2.75, 3.05) is 32.7 Å². The molecule has 1 aromatic carbocycles. The molecule has 0 atom stereocenters. The standard InChI is InChI=1S/C20H22N6O5/c1-2-25(6-5-24-11-15(12-24)16-3-4-22-23-16)20(29)14(10-21)7-13-8-17(26(30)31)19(28)18(27)9-13/h3-4,7-9,15,27-28H,2,5-6,11-12H2,1H3,(H,22,23)/b14-7+. The molecule has 1 aliphatic rings. The summed E-state index contributed by atoms with van der Waals surface area (Å²) >= 11 is 0. The molecular formula is C20H22N6O5. The number of phenolic OH excluding ortho intramolecular Hbond substituents is 2. The zero-order valence-corrected chi connectivity index (χ0v) is 16.9. The second-order valence-corrected chi connectivity index (χ2v) is 7.19. The number of nitro groups is 1. The fraction of sp³-hybridized carbons (Fsp3) is 0.350. The lowest BCUT2D eigenvalue weighted by Gasteiger charge is -2.39. The van der Waals surface area contributed by atoms with Crippen LogP contribution >= 0.6 is 0 Å². The summed E-state index contributed by atoms with van der Waals surface area (Å²) < 4.78 is 0. The minimum Gasteiger partial charge on any atom is -0.504 e. The highest BCUT2D eigenvalue weighted by atomic mass is 16.6. The van der Waals surface area contributed by atoms with Crippen LogP contribution in [0.25, 0.3) is 6.08 Å². The lowest BCUT2D eigenvalue weighted by atomic mass is 9.96. The van der Waals surface area contributed by atoms with Gasteiger partial charge in [0.15, 0.2) is 5.75 Å². The Morgan fingerprint density at radius 3 is 2.81 bits per heavy atom. The number of carbonyl (C=O) groups excluding carboxylic acids is 1. The Morgan fingerprint density at radius 2 is 2.23 bits per heavy atom. The van der Waals surface area contributed by atoms with Gasteiger partial charge in [-0.15, -0.1) is 0 Å². The SMILES string of the molecule is CCN(CCN1CC(c2ccn[nH]2)C1)C(=O)/C(C#N)=C/c1cc(O)c(O)c([N+](=O)[O-])c1. The quantitative estimate of drug-likeness (QED) is 0.189. The second-order valence-electron chi connectivity index (χ2n) is 7.19. The minimum absolute atomic E-state index is 0.0631. The largest absolute Gasteiger partial charge is 0.504 e. The van der Waals surface area contributed by atoms with Crippen molar-refractivity contribution in [1.82, 2.24) is 20.0 Å². The number of aromatic amines is 1. The number of nitro benzene ring substituents is 1. The van der Waals surface area contributed by atoms with Crippen LogP contribution in [0.15, 0.2) is 30.0 Å². The molecule has 0 spiro atoms. The molecule has 3 N–H and O–H groups in total. The topological polar surface area (TPSA) is 160 Å². The maximum atomic E-state index is 12.8. The molecule has 2 aromatic rings. The molecule has 31 heavy (non-hydrogen) atoms. The lowest BCUT2D eigenvalue weighted by Crippen LogP contribution is -2.49. The Morgan fingerprint density at radius 1 is 1.48 bits per heavy atom. The Hall–Kier alpha value is -3.91. The van der Waals surface area contributed by atoms with Crippen molar-refractivity contribution >= 4 is 17.7 Å². The molecule has 1 aliphatic heterocycles. The number of hydrogen-bond acceptors (Lipinski definition) is 8. The summed E-state index contributed by atoms with van der Waals surface area (Å²) in [6.07, 6.45) is 2.88. The van der Waals surface area contributed by atoms with E-state index in [1.165, 1.54) is 4.90 Å². The third-order valence-corrected chi connectivity index (χ3v) is 5.22. The van der Waals surface area contributed by atoms with E-state index in [1.807, 2.05) is 12.1 Å². The van der Waals surface area contributed by atoms with E-state index in [2.05, 4.69) is 15.1 Å². The summed E-state index contributed by atoms with van der Waals surface area (Å²) in [5.74, 6) is -1.70. The molecule has 0 bridgehead atoms. The van der Waals surface area contributed by atoms with Crippen molar-refractivity contribution in [2.24, 2.45) is 0 Å². The number of carbonyl (C=O) groups is 1. The number of nitriles is 1. The highest BCUT2D eigenvalue weighted by Crippen LogP contribution is 2.36. The smallest absolute Gasteiger partial charge is 0.315 e. The van der Waals surface area contributed by atoms with E-state index in [4.69, 9.17) is 0 Å². The molecule has 1 saturated heterocycles. The molecule has 2 heterocycles. The highest BCUT2D eigenvalue weighted by molar-refractivity contribution is 6.01. The van der Waals surface area contributed by atoms with Gasteiger partial charge in [-0.3, -0.25) is 20.0 Å². The highest BCUT2D eigenvalue weighted by Gasteiger charge is 2.29. The van der Waals surface area contributed by atoms with Gasteiger partial charge in [0.05, 0.1) is 4.92 Å².